The number of carbonyl (C=O) groups is 2. The van der Waals surface area contributed by atoms with Crippen LogP contribution >= 0.6 is 0 Å². The smallest absolute Gasteiger partial charge is 0.163 e. The molecule has 4 aromatic rings. The van der Waals surface area contributed by atoms with Gasteiger partial charge in [0.25, 0.3) is 0 Å². The van der Waals surface area contributed by atoms with E-state index in [9.17, 15) is 9.59 Å². The fourth-order valence-electron chi connectivity index (χ4n) is 3.01. The molecule has 0 amide bonds. The molecule has 2 N–H and O–H groups in total. The molecule has 27 heavy (non-hydrogen) atoms. The van der Waals surface area contributed by atoms with Crippen molar-refractivity contribution in [2.24, 2.45) is 0 Å². The number of allylic oxidation sites excluding steroid dienone is 2. The maximum absolute atomic E-state index is 12.0. The minimum Gasteiger partial charge on any atom is -0.361 e. The molecule has 2 aromatic carbocycles. The number of H-pyrrole nitrogens is 2. The normalized spacial score (nSPS) is 11.9. The second-order valence-corrected chi connectivity index (χ2v) is 6.42. The van der Waals surface area contributed by atoms with E-state index in [1.54, 1.807) is 12.2 Å². The van der Waals surface area contributed by atoms with E-state index in [-0.39, 0.29) is 18.0 Å². The second-order valence-electron chi connectivity index (χ2n) is 6.42. The van der Waals surface area contributed by atoms with Crippen molar-refractivity contribution < 1.29 is 9.59 Å². The molecule has 0 aliphatic carbocycles. The summed E-state index contributed by atoms with van der Waals surface area (Å²) in [5.41, 5.74) is 3.87. The van der Waals surface area contributed by atoms with Crippen molar-refractivity contribution in [1.29, 1.82) is 0 Å². The molecule has 2 aromatic heterocycles. The molecule has 2 heterocycles. The lowest BCUT2D eigenvalue weighted by Crippen LogP contribution is -2.01. The number of aromatic amines is 2. The molecule has 0 fully saturated rings. The van der Waals surface area contributed by atoms with Crippen LogP contribution < -0.4 is 0 Å². The zero-order valence-corrected chi connectivity index (χ0v) is 14.6. The summed E-state index contributed by atoms with van der Waals surface area (Å²) in [4.78, 5) is 30.3. The lowest BCUT2D eigenvalue weighted by Gasteiger charge is -1.96. The van der Waals surface area contributed by atoms with Gasteiger partial charge in [0.1, 0.15) is 0 Å². The van der Waals surface area contributed by atoms with Gasteiger partial charge in [0.05, 0.1) is 6.42 Å². The van der Waals surface area contributed by atoms with Crippen LogP contribution in [0.3, 0.4) is 0 Å². The largest absolute Gasteiger partial charge is 0.361 e. The number of nitrogens with one attached hydrogen (secondary N) is 2. The number of ketones is 2. The third-order valence-electron chi connectivity index (χ3n) is 4.43. The van der Waals surface area contributed by atoms with Gasteiger partial charge in [-0.1, -0.05) is 36.4 Å². The first-order valence-corrected chi connectivity index (χ1v) is 8.73. The second kappa shape index (κ2) is 7.30. The number of aromatic nitrogens is 2. The van der Waals surface area contributed by atoms with Gasteiger partial charge < -0.3 is 9.97 Å². The van der Waals surface area contributed by atoms with E-state index in [2.05, 4.69) is 9.97 Å². The number of hydrogen-bond acceptors (Lipinski definition) is 2. The quantitative estimate of drug-likeness (QED) is 0.382. The lowest BCUT2D eigenvalue weighted by molar-refractivity contribution is -0.121. The van der Waals surface area contributed by atoms with Crippen LogP contribution in [-0.2, 0) is 9.59 Å². The van der Waals surface area contributed by atoms with Gasteiger partial charge in [0.15, 0.2) is 11.6 Å². The summed E-state index contributed by atoms with van der Waals surface area (Å²) in [5.74, 6) is -0.424. The minimum absolute atomic E-state index is 0.136. The van der Waals surface area contributed by atoms with Crippen molar-refractivity contribution in [3.63, 3.8) is 0 Å². The van der Waals surface area contributed by atoms with Crippen molar-refractivity contribution in [3.05, 3.63) is 84.2 Å². The summed E-state index contributed by atoms with van der Waals surface area (Å²) >= 11 is 0. The Bertz CT molecular complexity index is 1100. The average Bonchev–Trinajstić information content (AvgIpc) is 3.32. The number of hydrogen-bond donors (Lipinski definition) is 2. The Morgan fingerprint density at radius 3 is 1.67 bits per heavy atom. The Morgan fingerprint density at radius 2 is 1.19 bits per heavy atom. The first-order valence-electron chi connectivity index (χ1n) is 8.73. The van der Waals surface area contributed by atoms with Crippen LogP contribution in [-0.4, -0.2) is 21.5 Å². The molecule has 0 saturated heterocycles. The first kappa shape index (κ1) is 16.8. The van der Waals surface area contributed by atoms with Crippen LogP contribution in [0.4, 0.5) is 0 Å². The lowest BCUT2D eigenvalue weighted by atomic mass is 10.1. The maximum Gasteiger partial charge on any atom is 0.163 e. The predicted molar refractivity (Wildman–Crippen MR) is 109 cm³/mol. The van der Waals surface area contributed by atoms with Crippen molar-refractivity contribution >= 4 is 45.5 Å². The molecule has 0 atom stereocenters. The van der Waals surface area contributed by atoms with Crippen molar-refractivity contribution in [2.75, 3.05) is 0 Å². The summed E-state index contributed by atoms with van der Waals surface area (Å²) in [6.45, 7) is 0. The molecular formula is C23H18N2O2. The number of benzene rings is 2. The average molecular weight is 354 g/mol. The summed E-state index contributed by atoms with van der Waals surface area (Å²) in [6, 6.07) is 15.8. The van der Waals surface area contributed by atoms with Gasteiger partial charge in [0, 0.05) is 23.4 Å². The number of fused-ring (bicyclic) bond motifs is 2. The fourth-order valence-corrected chi connectivity index (χ4v) is 3.01. The van der Waals surface area contributed by atoms with E-state index >= 15 is 0 Å². The Balaban J connectivity index is 1.37. The summed E-state index contributed by atoms with van der Waals surface area (Å²) in [7, 11) is 0. The van der Waals surface area contributed by atoms with Crippen molar-refractivity contribution in [3.8, 4) is 0 Å². The molecule has 0 aliphatic heterocycles. The Kier molecular flexibility index (Phi) is 4.54. The van der Waals surface area contributed by atoms with Gasteiger partial charge in [-0.3, -0.25) is 9.59 Å². The highest BCUT2D eigenvalue weighted by Gasteiger charge is 2.04. The van der Waals surface area contributed by atoms with Gasteiger partial charge in [0.2, 0.25) is 0 Å². The van der Waals surface area contributed by atoms with E-state index in [0.717, 1.165) is 32.9 Å². The molecule has 132 valence electrons. The van der Waals surface area contributed by atoms with E-state index in [4.69, 9.17) is 0 Å². The third kappa shape index (κ3) is 3.96. The van der Waals surface area contributed by atoms with E-state index in [1.165, 1.54) is 12.2 Å². The standard InChI is InChI=1S/C23H18N2O2/c26-20(7-3-16-1-5-18-9-11-24-22(18)13-16)15-21(27)8-4-17-2-6-19-10-12-25-23(19)14-17/h1-14,24-25H,15H2/b7-3+,8-4+. The van der Waals surface area contributed by atoms with Crippen LogP contribution in [0, 0.1) is 0 Å². The Morgan fingerprint density at radius 1 is 0.704 bits per heavy atom. The van der Waals surface area contributed by atoms with Crippen LogP contribution in [0.2, 0.25) is 0 Å². The number of rotatable bonds is 6. The minimum atomic E-state index is -0.212. The van der Waals surface area contributed by atoms with Crippen LogP contribution in [0.1, 0.15) is 17.5 Å². The highest BCUT2D eigenvalue weighted by Crippen LogP contribution is 2.16. The fraction of sp³-hybridized carbons (Fsp3) is 0.0435. The van der Waals surface area contributed by atoms with Gasteiger partial charge in [-0.25, -0.2) is 0 Å². The van der Waals surface area contributed by atoms with Crippen molar-refractivity contribution in [1.82, 2.24) is 9.97 Å². The molecule has 0 spiro atoms. The SMILES string of the molecule is O=C(/C=C/c1ccc2cc[nH]c2c1)CC(=O)/C=C/c1ccc2cc[nH]c2c1. The van der Waals surface area contributed by atoms with Crippen LogP contribution in [0.25, 0.3) is 34.0 Å². The van der Waals surface area contributed by atoms with E-state index in [1.807, 2.05) is 60.9 Å². The van der Waals surface area contributed by atoms with Gasteiger partial charge in [-0.2, -0.15) is 0 Å². The first-order chi connectivity index (χ1) is 13.2. The van der Waals surface area contributed by atoms with Crippen LogP contribution in [0.5, 0.6) is 0 Å². The Labute approximate surface area is 156 Å². The molecule has 0 radical (unpaired) electrons. The Hall–Kier alpha value is -3.66. The molecule has 0 saturated carbocycles. The van der Waals surface area contributed by atoms with Crippen LogP contribution in [0.15, 0.2) is 73.1 Å². The highest BCUT2D eigenvalue weighted by molar-refractivity contribution is 6.11. The van der Waals surface area contributed by atoms with E-state index in [0.29, 0.717) is 0 Å². The number of carbonyl (C=O) groups excluding carboxylic acids is 2. The van der Waals surface area contributed by atoms with E-state index < -0.39 is 0 Å². The summed E-state index contributed by atoms with van der Waals surface area (Å²) in [6.07, 6.45) is 10.0. The molecule has 4 rings (SSSR count). The van der Waals surface area contributed by atoms with Gasteiger partial charge >= 0.3 is 0 Å². The molecular weight excluding hydrogens is 336 g/mol. The molecule has 4 nitrogen and oxygen atoms in total. The van der Waals surface area contributed by atoms with Gasteiger partial charge in [-0.15, -0.1) is 0 Å². The monoisotopic (exact) mass is 354 g/mol. The van der Waals surface area contributed by atoms with Gasteiger partial charge in [-0.05, 0) is 58.3 Å². The predicted octanol–water partition coefficient (Wildman–Crippen LogP) is 4.90. The molecule has 0 unspecified atom stereocenters. The molecule has 4 heteroatoms. The molecule has 0 bridgehead atoms. The molecule has 0 aliphatic rings. The van der Waals surface area contributed by atoms with Crippen molar-refractivity contribution in [2.45, 2.75) is 6.42 Å². The maximum atomic E-state index is 12.0. The zero-order valence-electron chi connectivity index (χ0n) is 14.6. The zero-order chi connectivity index (χ0) is 18.6. The third-order valence-corrected chi connectivity index (χ3v) is 4.43. The summed E-state index contributed by atoms with van der Waals surface area (Å²) in [5, 5.41) is 2.24. The topological polar surface area (TPSA) is 65.7 Å². The highest BCUT2D eigenvalue weighted by atomic mass is 16.1. The summed E-state index contributed by atoms with van der Waals surface area (Å²) < 4.78 is 0.